The van der Waals surface area contributed by atoms with E-state index in [0.717, 1.165) is 43.8 Å². The number of nitrogens with zero attached hydrogens (tertiary/aromatic N) is 6. The molecule has 4 saturated carbocycles. The molecule has 0 aromatic carbocycles. The fraction of sp³-hybridized carbons (Fsp3) is 0.593. The summed E-state index contributed by atoms with van der Waals surface area (Å²) >= 11 is 0. The fourth-order valence-corrected chi connectivity index (χ4v) is 6.20. The van der Waals surface area contributed by atoms with Gasteiger partial charge in [0.25, 0.3) is 11.8 Å². The molecule has 2 aromatic rings. The second-order valence-electron chi connectivity index (χ2n) is 11.2. The Labute approximate surface area is 221 Å². The van der Waals surface area contributed by atoms with Crippen molar-refractivity contribution in [2.75, 3.05) is 31.1 Å². The Hall–Kier alpha value is -3.63. The predicted molar refractivity (Wildman–Crippen MR) is 140 cm³/mol. The molecular formula is C27H34N8O3. The van der Waals surface area contributed by atoms with Crippen LogP contribution in [0, 0.1) is 23.7 Å². The fourth-order valence-electron chi connectivity index (χ4n) is 6.20. The number of aliphatic imine (C=N–C) groups is 1. The first-order chi connectivity index (χ1) is 18.5. The number of fused-ring (bicyclic) bond motifs is 1. The summed E-state index contributed by atoms with van der Waals surface area (Å²) in [6.07, 6.45) is 6.11. The number of carbonyl (C=O) groups excluding carboxylic acids is 2. The van der Waals surface area contributed by atoms with Crippen LogP contribution in [0.3, 0.4) is 0 Å². The van der Waals surface area contributed by atoms with Gasteiger partial charge in [0.1, 0.15) is 5.69 Å². The Morgan fingerprint density at radius 2 is 1.89 bits per heavy atom. The van der Waals surface area contributed by atoms with Crippen LogP contribution in [-0.2, 0) is 0 Å². The molecule has 38 heavy (non-hydrogen) atoms. The van der Waals surface area contributed by atoms with Crippen LogP contribution in [0.1, 0.15) is 71.2 Å². The first kappa shape index (κ1) is 24.7. The number of hydrogen-bond acceptors (Lipinski definition) is 9. The van der Waals surface area contributed by atoms with Crippen LogP contribution in [-0.4, -0.2) is 70.8 Å². The van der Waals surface area contributed by atoms with Gasteiger partial charge >= 0.3 is 6.01 Å². The molecule has 3 atom stereocenters. The highest BCUT2D eigenvalue weighted by Gasteiger charge is 2.45. The van der Waals surface area contributed by atoms with Crippen LogP contribution in [0.15, 0.2) is 23.2 Å². The maximum absolute atomic E-state index is 13.2. The van der Waals surface area contributed by atoms with Crippen molar-refractivity contribution in [2.45, 2.75) is 50.5 Å². The van der Waals surface area contributed by atoms with Crippen LogP contribution in [0.25, 0.3) is 0 Å². The zero-order valence-electron chi connectivity index (χ0n) is 21.5. The maximum Gasteiger partial charge on any atom is 0.321 e. The van der Waals surface area contributed by atoms with E-state index in [1.807, 2.05) is 12.1 Å². The standard InChI is InChI=1S/C27H34N8O3/c1-29-13-18-12-19(18)14-38-27-33-24(25(37)31-22-11-15-9-17(22)10-15)32-26(34-27)35-7-5-16(6-8-35)20-3-2-4-21(30-20)23(28)36/h2-4,15-19,22H,1,5-14H2,(H2,28,36)(H,31,37)/t15?,17?,18-,19+,22-/m0/s1. The molecule has 1 aliphatic heterocycles. The van der Waals surface area contributed by atoms with Crippen LogP contribution in [0.5, 0.6) is 6.01 Å². The summed E-state index contributed by atoms with van der Waals surface area (Å²) in [4.78, 5) is 48.8. The summed E-state index contributed by atoms with van der Waals surface area (Å²) in [5, 5.41) is 3.16. The lowest BCUT2D eigenvalue weighted by atomic mass is 9.84. The Bertz CT molecular complexity index is 1220. The Morgan fingerprint density at radius 1 is 1.08 bits per heavy atom. The van der Waals surface area contributed by atoms with Crippen LogP contribution >= 0.6 is 0 Å². The third-order valence-corrected chi connectivity index (χ3v) is 8.63. The zero-order valence-corrected chi connectivity index (χ0v) is 21.5. The summed E-state index contributed by atoms with van der Waals surface area (Å²) in [5.41, 5.74) is 6.55. The molecule has 1 saturated heterocycles. The minimum absolute atomic E-state index is 0.104. The van der Waals surface area contributed by atoms with Crippen molar-refractivity contribution in [3.63, 3.8) is 0 Å². The number of carbonyl (C=O) groups is 2. The number of anilines is 1. The lowest BCUT2D eigenvalue weighted by molar-refractivity contribution is 0.0915. The van der Waals surface area contributed by atoms with Gasteiger partial charge < -0.3 is 25.7 Å². The van der Waals surface area contributed by atoms with Crippen LogP contribution in [0.2, 0.25) is 0 Å². The first-order valence-electron chi connectivity index (χ1n) is 13.6. The summed E-state index contributed by atoms with van der Waals surface area (Å²) in [5.74, 6) is 2.18. The van der Waals surface area contributed by atoms with Gasteiger partial charge in [-0.15, -0.1) is 0 Å². The molecule has 11 nitrogen and oxygen atoms in total. The minimum Gasteiger partial charge on any atom is -0.463 e. The third kappa shape index (κ3) is 5.19. The van der Waals surface area contributed by atoms with Crippen molar-refractivity contribution in [3.8, 4) is 6.01 Å². The van der Waals surface area contributed by atoms with E-state index in [1.54, 1.807) is 6.07 Å². The summed E-state index contributed by atoms with van der Waals surface area (Å²) in [6, 6.07) is 5.78. The molecule has 0 unspecified atom stereocenters. The van der Waals surface area contributed by atoms with Crippen LogP contribution in [0.4, 0.5) is 5.95 Å². The third-order valence-electron chi connectivity index (χ3n) is 8.63. The molecule has 3 heterocycles. The number of hydrogen-bond donors (Lipinski definition) is 2. The SMILES string of the molecule is C=NC[C@@H]1C[C@@H]1COc1nc(C(=O)N[C@H]2CC3CC2C3)nc(N2CCC(c3cccc(C(N)=O)n3)CC2)n1. The maximum atomic E-state index is 13.2. The monoisotopic (exact) mass is 518 g/mol. The van der Waals surface area contributed by atoms with Gasteiger partial charge in [-0.25, -0.2) is 4.98 Å². The second kappa shape index (κ2) is 10.3. The van der Waals surface area contributed by atoms with E-state index in [-0.39, 0.29) is 35.4 Å². The molecule has 4 aliphatic carbocycles. The molecule has 7 rings (SSSR count). The molecule has 5 aliphatic rings. The molecule has 0 radical (unpaired) electrons. The summed E-state index contributed by atoms with van der Waals surface area (Å²) in [7, 11) is 0. The van der Waals surface area contributed by atoms with Gasteiger partial charge in [-0.3, -0.25) is 9.59 Å². The number of aromatic nitrogens is 4. The van der Waals surface area contributed by atoms with E-state index in [1.165, 1.54) is 12.8 Å². The Morgan fingerprint density at radius 3 is 2.61 bits per heavy atom. The van der Waals surface area contributed by atoms with Gasteiger partial charge in [-0.05, 0) is 81.0 Å². The average molecular weight is 519 g/mol. The van der Waals surface area contributed by atoms with E-state index in [4.69, 9.17) is 10.5 Å². The van der Waals surface area contributed by atoms with Crippen LogP contribution < -0.4 is 20.7 Å². The van der Waals surface area contributed by atoms with Gasteiger partial charge in [0.2, 0.25) is 11.8 Å². The average Bonchev–Trinajstić information content (AvgIpc) is 3.36. The van der Waals surface area contributed by atoms with Gasteiger partial charge in [0.15, 0.2) is 0 Å². The number of nitrogens with one attached hydrogen (secondary N) is 1. The van der Waals surface area contributed by atoms with Crippen molar-refractivity contribution in [1.29, 1.82) is 0 Å². The van der Waals surface area contributed by atoms with Crippen molar-refractivity contribution in [1.82, 2.24) is 25.3 Å². The lowest BCUT2D eigenvalue weighted by Gasteiger charge is -2.32. The summed E-state index contributed by atoms with van der Waals surface area (Å²) in [6.45, 7) is 6.16. The largest absolute Gasteiger partial charge is 0.463 e. The summed E-state index contributed by atoms with van der Waals surface area (Å²) < 4.78 is 5.97. The zero-order chi connectivity index (χ0) is 26.2. The molecule has 2 aromatic heterocycles. The number of pyridine rings is 1. The number of amides is 2. The first-order valence-corrected chi connectivity index (χ1v) is 13.6. The van der Waals surface area contributed by atoms with E-state index in [0.29, 0.717) is 43.4 Å². The lowest BCUT2D eigenvalue weighted by Crippen LogP contribution is -2.38. The Balaban J connectivity index is 1.15. The van der Waals surface area contributed by atoms with Crippen molar-refractivity contribution < 1.29 is 14.3 Å². The van der Waals surface area contributed by atoms with E-state index in [2.05, 4.69) is 41.9 Å². The van der Waals surface area contributed by atoms with Gasteiger partial charge in [0, 0.05) is 37.3 Å². The molecule has 200 valence electrons. The van der Waals surface area contributed by atoms with Crippen molar-refractivity contribution >= 4 is 24.5 Å². The van der Waals surface area contributed by atoms with E-state index >= 15 is 0 Å². The van der Waals surface area contributed by atoms with Crippen molar-refractivity contribution in [2.24, 2.45) is 34.4 Å². The number of primary amides is 1. The quantitative estimate of drug-likeness (QED) is 0.454. The van der Waals surface area contributed by atoms with Gasteiger partial charge in [0.05, 0.1) is 6.61 Å². The normalized spacial score (nSPS) is 27.9. The molecule has 3 N–H and O–H groups in total. The number of ether oxygens (including phenoxy) is 1. The second-order valence-corrected chi connectivity index (χ2v) is 11.2. The highest BCUT2D eigenvalue weighted by molar-refractivity contribution is 5.91. The molecule has 11 heteroatoms. The highest BCUT2D eigenvalue weighted by Crippen LogP contribution is 2.48. The topological polar surface area (TPSA) is 149 Å². The van der Waals surface area contributed by atoms with Gasteiger partial charge in [-0.1, -0.05) is 6.07 Å². The highest BCUT2D eigenvalue weighted by atomic mass is 16.5. The predicted octanol–water partition coefficient (Wildman–Crippen LogP) is 1.99. The molecule has 2 amide bonds. The number of piperidine rings is 1. The minimum atomic E-state index is -0.527. The van der Waals surface area contributed by atoms with Gasteiger partial charge in [-0.2, -0.15) is 15.0 Å². The number of nitrogens with two attached hydrogens (primary N) is 1. The number of rotatable bonds is 10. The van der Waals surface area contributed by atoms with E-state index in [9.17, 15) is 9.59 Å². The molecule has 2 bridgehead atoms. The Kier molecular flexibility index (Phi) is 6.67. The molecule has 0 spiro atoms. The van der Waals surface area contributed by atoms with Crippen molar-refractivity contribution in [3.05, 3.63) is 35.4 Å². The van der Waals surface area contributed by atoms with E-state index < -0.39 is 5.91 Å². The molecular weight excluding hydrogens is 484 g/mol. The molecule has 5 fully saturated rings. The smallest absolute Gasteiger partial charge is 0.321 e.